The van der Waals surface area contributed by atoms with E-state index in [0.29, 0.717) is 17.9 Å². The molecule has 276 valence electrons. The molecule has 1 N–H and O–H groups in total. The van der Waals surface area contributed by atoms with Crippen LogP contribution in [-0.2, 0) is 43.1 Å². The first-order valence-corrected chi connectivity index (χ1v) is 18.5. The molecule has 1 aliphatic heterocycles. The van der Waals surface area contributed by atoms with Crippen molar-refractivity contribution >= 4 is 35.6 Å². The van der Waals surface area contributed by atoms with E-state index in [1.165, 1.54) is 64.2 Å². The van der Waals surface area contributed by atoms with Gasteiger partial charge in [0.05, 0.1) is 13.0 Å². The standard InChI is InChI=1S/C37H64N2O9/c1-29(2)28-46-36(45)30(24-27-35(44)48-39-32(41)25-26-33(39)42)38-31(40)22-20-18-16-14-12-10-8-6-7-9-11-13-15-17-19-21-23-34(43)47-37(3,4)5/h29-30H,6-28H2,1-5H3,(H,38,40)/t30-/m0/s1. The molecule has 48 heavy (non-hydrogen) atoms. The maximum atomic E-state index is 12.6. The van der Waals surface area contributed by atoms with Crippen LogP contribution in [0.25, 0.3) is 0 Å². The molecule has 0 aromatic heterocycles. The minimum atomic E-state index is -1.02. The number of amides is 3. The van der Waals surface area contributed by atoms with E-state index in [0.717, 1.165) is 32.1 Å². The lowest BCUT2D eigenvalue weighted by Crippen LogP contribution is -2.42. The first-order chi connectivity index (χ1) is 22.8. The van der Waals surface area contributed by atoms with Crippen LogP contribution in [0.5, 0.6) is 0 Å². The monoisotopic (exact) mass is 680 g/mol. The Morgan fingerprint density at radius 3 is 1.54 bits per heavy atom. The van der Waals surface area contributed by atoms with E-state index < -0.39 is 35.4 Å². The molecule has 1 heterocycles. The fourth-order valence-corrected chi connectivity index (χ4v) is 5.35. The maximum absolute atomic E-state index is 12.6. The van der Waals surface area contributed by atoms with Gasteiger partial charge in [-0.25, -0.2) is 9.59 Å². The highest BCUT2D eigenvalue weighted by atomic mass is 16.7. The Labute approximate surface area is 288 Å². The molecule has 1 rings (SSSR count). The summed E-state index contributed by atoms with van der Waals surface area (Å²) in [6.45, 7) is 9.68. The van der Waals surface area contributed by atoms with Gasteiger partial charge in [-0.2, -0.15) is 0 Å². The van der Waals surface area contributed by atoms with Crippen LogP contribution in [0.1, 0.15) is 176 Å². The lowest BCUT2D eigenvalue weighted by atomic mass is 10.0. The zero-order chi connectivity index (χ0) is 35.8. The van der Waals surface area contributed by atoms with Gasteiger partial charge in [-0.1, -0.05) is 104 Å². The van der Waals surface area contributed by atoms with Crippen LogP contribution in [0.15, 0.2) is 0 Å². The number of carbonyl (C=O) groups excluding carboxylic acids is 6. The Balaban J connectivity index is 2.07. The molecule has 0 aromatic rings. The first-order valence-electron chi connectivity index (χ1n) is 18.5. The number of unbranched alkanes of at least 4 members (excludes halogenated alkanes) is 15. The third-order valence-corrected chi connectivity index (χ3v) is 7.97. The van der Waals surface area contributed by atoms with Gasteiger partial charge in [0.1, 0.15) is 11.6 Å². The number of hydroxylamine groups is 2. The second-order valence-corrected chi connectivity index (χ2v) is 14.5. The number of rotatable bonds is 27. The number of imide groups is 1. The Morgan fingerprint density at radius 1 is 0.667 bits per heavy atom. The van der Waals surface area contributed by atoms with Crippen LogP contribution < -0.4 is 5.32 Å². The molecular formula is C37H64N2O9. The number of hydrogen-bond acceptors (Lipinski definition) is 9. The van der Waals surface area contributed by atoms with Gasteiger partial charge in [0.2, 0.25) is 5.91 Å². The fourth-order valence-electron chi connectivity index (χ4n) is 5.35. The number of carbonyl (C=O) groups is 6. The van der Waals surface area contributed by atoms with Crippen LogP contribution in [0.2, 0.25) is 0 Å². The summed E-state index contributed by atoms with van der Waals surface area (Å²) in [5, 5.41) is 3.16. The summed E-state index contributed by atoms with van der Waals surface area (Å²) in [5.74, 6) is -2.86. The molecule has 11 heteroatoms. The highest BCUT2D eigenvalue weighted by molar-refractivity contribution is 6.01. The van der Waals surface area contributed by atoms with Gasteiger partial charge in [0.15, 0.2) is 0 Å². The summed E-state index contributed by atoms with van der Waals surface area (Å²) >= 11 is 0. The van der Waals surface area contributed by atoms with Crippen LogP contribution in [0, 0.1) is 5.92 Å². The van der Waals surface area contributed by atoms with Crippen molar-refractivity contribution in [1.82, 2.24) is 10.4 Å². The summed E-state index contributed by atoms with van der Waals surface area (Å²) in [6.07, 6.45) is 18.9. The summed E-state index contributed by atoms with van der Waals surface area (Å²) in [5.41, 5.74) is -0.395. The van der Waals surface area contributed by atoms with E-state index >= 15 is 0 Å². The smallest absolute Gasteiger partial charge is 0.333 e. The zero-order valence-electron chi connectivity index (χ0n) is 30.5. The first kappa shape index (κ1) is 43.0. The molecule has 0 radical (unpaired) electrons. The van der Waals surface area contributed by atoms with Crippen molar-refractivity contribution in [3.05, 3.63) is 0 Å². The highest BCUT2D eigenvalue weighted by Crippen LogP contribution is 2.17. The van der Waals surface area contributed by atoms with Crippen molar-refractivity contribution in [2.45, 2.75) is 188 Å². The molecule has 1 saturated heterocycles. The topological polar surface area (TPSA) is 145 Å². The van der Waals surface area contributed by atoms with E-state index in [1.807, 2.05) is 34.6 Å². The molecule has 11 nitrogen and oxygen atoms in total. The molecule has 1 atom stereocenters. The number of ether oxygens (including phenoxy) is 2. The van der Waals surface area contributed by atoms with E-state index in [9.17, 15) is 28.8 Å². The predicted octanol–water partition coefficient (Wildman–Crippen LogP) is 7.42. The lowest BCUT2D eigenvalue weighted by molar-refractivity contribution is -0.197. The summed E-state index contributed by atoms with van der Waals surface area (Å²) in [4.78, 5) is 77.3. The number of nitrogens with zero attached hydrogens (tertiary/aromatic N) is 1. The normalized spacial score (nSPS) is 13.9. The molecule has 0 aliphatic carbocycles. The van der Waals surface area contributed by atoms with Gasteiger partial charge in [-0.15, -0.1) is 5.06 Å². The SMILES string of the molecule is CC(C)COC(=O)[C@H](CCC(=O)ON1C(=O)CCC1=O)NC(=O)CCCCCCCCCCCCCCCCCCC(=O)OC(C)(C)C. The summed E-state index contributed by atoms with van der Waals surface area (Å²) in [7, 11) is 0. The van der Waals surface area contributed by atoms with Crippen LogP contribution in [-0.4, -0.2) is 58.9 Å². The van der Waals surface area contributed by atoms with Crippen molar-refractivity contribution in [3.8, 4) is 0 Å². The second-order valence-electron chi connectivity index (χ2n) is 14.5. The second kappa shape index (κ2) is 25.1. The number of esters is 2. The van der Waals surface area contributed by atoms with Gasteiger partial charge in [-0.05, 0) is 46.0 Å². The van der Waals surface area contributed by atoms with Crippen LogP contribution in [0.4, 0.5) is 0 Å². The third kappa shape index (κ3) is 22.6. The molecule has 1 aliphatic rings. The van der Waals surface area contributed by atoms with Gasteiger partial charge >= 0.3 is 17.9 Å². The molecular weight excluding hydrogens is 616 g/mol. The quantitative estimate of drug-likeness (QED) is 0.0532. The Morgan fingerprint density at radius 2 is 1.10 bits per heavy atom. The van der Waals surface area contributed by atoms with Crippen LogP contribution >= 0.6 is 0 Å². The molecule has 3 amide bonds. The Hall–Kier alpha value is -2.98. The van der Waals surface area contributed by atoms with Crippen molar-refractivity contribution < 1.29 is 43.1 Å². The van der Waals surface area contributed by atoms with Crippen LogP contribution in [0.3, 0.4) is 0 Å². The minimum Gasteiger partial charge on any atom is -0.464 e. The van der Waals surface area contributed by atoms with Gasteiger partial charge in [-0.3, -0.25) is 19.2 Å². The van der Waals surface area contributed by atoms with Crippen molar-refractivity contribution in [3.63, 3.8) is 0 Å². The maximum Gasteiger partial charge on any atom is 0.333 e. The van der Waals surface area contributed by atoms with E-state index in [-0.39, 0.29) is 56.5 Å². The van der Waals surface area contributed by atoms with Gasteiger partial charge in [0, 0.05) is 25.7 Å². The largest absolute Gasteiger partial charge is 0.464 e. The average Bonchev–Trinajstić information content (AvgIpc) is 3.32. The predicted molar refractivity (Wildman–Crippen MR) is 183 cm³/mol. The molecule has 0 unspecified atom stereocenters. The number of hydrogen-bond donors (Lipinski definition) is 1. The molecule has 0 saturated carbocycles. The van der Waals surface area contributed by atoms with Crippen molar-refractivity contribution in [1.29, 1.82) is 0 Å². The molecule has 0 bridgehead atoms. The number of nitrogens with one attached hydrogen (secondary N) is 1. The molecule has 0 aromatic carbocycles. The van der Waals surface area contributed by atoms with E-state index in [2.05, 4.69) is 5.32 Å². The highest BCUT2D eigenvalue weighted by Gasteiger charge is 2.33. The molecule has 1 fully saturated rings. The van der Waals surface area contributed by atoms with Crippen molar-refractivity contribution in [2.24, 2.45) is 5.92 Å². The van der Waals surface area contributed by atoms with Crippen molar-refractivity contribution in [2.75, 3.05) is 6.61 Å². The van der Waals surface area contributed by atoms with E-state index in [1.54, 1.807) is 0 Å². The Bertz CT molecular complexity index is 974. The fraction of sp³-hybridized carbons (Fsp3) is 0.838. The minimum absolute atomic E-state index is 0.00346. The summed E-state index contributed by atoms with van der Waals surface area (Å²) < 4.78 is 10.6. The van der Waals surface area contributed by atoms with Gasteiger partial charge < -0.3 is 19.6 Å². The average molecular weight is 681 g/mol. The Kier molecular flexibility index (Phi) is 22.5. The zero-order valence-corrected chi connectivity index (χ0v) is 30.5. The lowest BCUT2D eigenvalue weighted by Gasteiger charge is -2.19. The third-order valence-electron chi connectivity index (χ3n) is 7.97. The van der Waals surface area contributed by atoms with Gasteiger partial charge in [0.25, 0.3) is 11.8 Å². The summed E-state index contributed by atoms with van der Waals surface area (Å²) in [6, 6.07) is -1.02. The molecule has 0 spiro atoms. The van der Waals surface area contributed by atoms with E-state index in [4.69, 9.17) is 14.3 Å².